The molecule has 0 aliphatic heterocycles. The third kappa shape index (κ3) is 4.30. The lowest BCUT2D eigenvalue weighted by Crippen LogP contribution is -2.17. The molecule has 0 bridgehead atoms. The fourth-order valence-electron chi connectivity index (χ4n) is 1.67. The van der Waals surface area contributed by atoms with Crippen LogP contribution in [0.3, 0.4) is 0 Å². The number of nitrogens with zero attached hydrogens (tertiary/aromatic N) is 2. The fourth-order valence-corrected chi connectivity index (χ4v) is 1.88. The van der Waals surface area contributed by atoms with Crippen LogP contribution in [-0.2, 0) is 11.3 Å². The first-order valence-electron chi connectivity index (χ1n) is 5.76. The third-order valence-corrected chi connectivity index (χ3v) is 2.59. The van der Waals surface area contributed by atoms with Crippen molar-refractivity contribution in [1.29, 1.82) is 0 Å². The Bertz CT molecular complexity index is 635. The second-order valence-corrected chi connectivity index (χ2v) is 4.37. The van der Waals surface area contributed by atoms with E-state index in [4.69, 9.17) is 16.3 Å². The maximum absolute atomic E-state index is 12.4. The van der Waals surface area contributed by atoms with E-state index in [-0.39, 0.29) is 23.1 Å². The van der Waals surface area contributed by atoms with Crippen LogP contribution in [-0.4, -0.2) is 23.4 Å². The van der Waals surface area contributed by atoms with Crippen LogP contribution in [0.1, 0.15) is 5.69 Å². The van der Waals surface area contributed by atoms with E-state index in [1.54, 1.807) is 6.07 Å². The van der Waals surface area contributed by atoms with Crippen LogP contribution >= 0.6 is 11.6 Å². The van der Waals surface area contributed by atoms with Gasteiger partial charge in [-0.3, -0.25) is 0 Å². The Balaban J connectivity index is 2.46. The van der Waals surface area contributed by atoms with Gasteiger partial charge >= 0.3 is 6.36 Å². The maximum Gasteiger partial charge on any atom is 0.573 e. The minimum absolute atomic E-state index is 0.0365. The molecule has 2 aromatic rings. The zero-order valence-corrected chi connectivity index (χ0v) is 11.6. The average Bonchev–Trinajstić information content (AvgIpc) is 2.37. The highest BCUT2D eigenvalue weighted by atomic mass is 35.5. The Morgan fingerprint density at radius 1 is 1.19 bits per heavy atom. The van der Waals surface area contributed by atoms with Gasteiger partial charge in [0.25, 0.3) is 0 Å². The van der Waals surface area contributed by atoms with E-state index < -0.39 is 12.1 Å². The predicted octanol–water partition coefficient (Wildman–Crippen LogP) is 3.84. The molecule has 1 aromatic heterocycles. The first-order chi connectivity index (χ1) is 9.89. The lowest BCUT2D eigenvalue weighted by Gasteiger charge is -2.13. The summed E-state index contributed by atoms with van der Waals surface area (Å²) in [5.74, 6) is -0.356. The van der Waals surface area contributed by atoms with Crippen molar-refractivity contribution in [2.45, 2.75) is 13.0 Å². The van der Waals surface area contributed by atoms with Gasteiger partial charge in [0.1, 0.15) is 10.9 Å². The standard InChI is InChI=1S/C13H10ClF3N2O2/c1-20-7-8-6-11(14)19-12(18-8)9-4-2-3-5-10(9)21-13(15,16)17/h2-6H,7H2,1H3. The van der Waals surface area contributed by atoms with E-state index in [0.29, 0.717) is 5.69 Å². The van der Waals surface area contributed by atoms with Crippen molar-refractivity contribution >= 4 is 11.6 Å². The normalized spacial score (nSPS) is 11.5. The molecule has 0 atom stereocenters. The summed E-state index contributed by atoms with van der Waals surface area (Å²) in [6, 6.07) is 7.05. The highest BCUT2D eigenvalue weighted by molar-refractivity contribution is 6.29. The molecule has 0 saturated carbocycles. The summed E-state index contributed by atoms with van der Waals surface area (Å²) >= 11 is 5.85. The van der Waals surface area contributed by atoms with Crippen molar-refractivity contribution in [3.63, 3.8) is 0 Å². The zero-order chi connectivity index (χ0) is 15.5. The first-order valence-corrected chi connectivity index (χ1v) is 6.14. The highest BCUT2D eigenvalue weighted by Crippen LogP contribution is 2.32. The number of methoxy groups -OCH3 is 1. The molecule has 0 unspecified atom stereocenters. The largest absolute Gasteiger partial charge is 0.573 e. The highest BCUT2D eigenvalue weighted by Gasteiger charge is 2.32. The second-order valence-electron chi connectivity index (χ2n) is 3.98. The molecule has 0 amide bonds. The number of rotatable bonds is 4. The van der Waals surface area contributed by atoms with E-state index in [9.17, 15) is 13.2 Å². The smallest absolute Gasteiger partial charge is 0.405 e. The molecule has 0 aliphatic carbocycles. The van der Waals surface area contributed by atoms with Gasteiger partial charge in [-0.05, 0) is 18.2 Å². The molecule has 0 N–H and O–H groups in total. The molecule has 0 spiro atoms. The monoisotopic (exact) mass is 318 g/mol. The molecule has 2 rings (SSSR count). The summed E-state index contributed by atoms with van der Waals surface area (Å²) in [6.07, 6.45) is -4.80. The number of hydrogen-bond donors (Lipinski definition) is 0. The Hall–Kier alpha value is -1.86. The van der Waals surface area contributed by atoms with Gasteiger partial charge in [-0.1, -0.05) is 23.7 Å². The van der Waals surface area contributed by atoms with Crippen LogP contribution in [0.25, 0.3) is 11.4 Å². The number of para-hydroxylation sites is 1. The first kappa shape index (κ1) is 15.5. The van der Waals surface area contributed by atoms with Crippen molar-refractivity contribution in [2.75, 3.05) is 7.11 Å². The van der Waals surface area contributed by atoms with Crippen LogP contribution < -0.4 is 4.74 Å². The molecule has 0 aliphatic rings. The van der Waals surface area contributed by atoms with E-state index in [1.807, 2.05) is 0 Å². The second kappa shape index (κ2) is 6.28. The third-order valence-electron chi connectivity index (χ3n) is 2.39. The molecule has 4 nitrogen and oxygen atoms in total. The fraction of sp³-hybridized carbons (Fsp3) is 0.231. The van der Waals surface area contributed by atoms with Crippen molar-refractivity contribution in [2.24, 2.45) is 0 Å². The number of aromatic nitrogens is 2. The minimum Gasteiger partial charge on any atom is -0.405 e. The van der Waals surface area contributed by atoms with Gasteiger partial charge in [0, 0.05) is 7.11 Å². The summed E-state index contributed by atoms with van der Waals surface area (Å²) in [4.78, 5) is 8.04. The van der Waals surface area contributed by atoms with Crippen molar-refractivity contribution in [3.05, 3.63) is 41.2 Å². The van der Waals surface area contributed by atoms with Gasteiger partial charge in [0.2, 0.25) is 0 Å². The summed E-state index contributed by atoms with van der Waals surface area (Å²) in [5.41, 5.74) is 0.545. The van der Waals surface area contributed by atoms with E-state index in [2.05, 4.69) is 14.7 Å². The number of hydrogen-bond acceptors (Lipinski definition) is 4. The molecule has 8 heteroatoms. The average molecular weight is 319 g/mol. The molecule has 0 saturated heterocycles. The van der Waals surface area contributed by atoms with Gasteiger partial charge in [0.05, 0.1) is 17.9 Å². The molecule has 21 heavy (non-hydrogen) atoms. The molecule has 1 aromatic carbocycles. The maximum atomic E-state index is 12.4. The Morgan fingerprint density at radius 2 is 1.90 bits per heavy atom. The van der Waals surface area contributed by atoms with E-state index in [0.717, 1.165) is 0 Å². The molecular formula is C13H10ClF3N2O2. The predicted molar refractivity (Wildman–Crippen MR) is 69.9 cm³/mol. The van der Waals surface area contributed by atoms with Crippen LogP contribution in [0.15, 0.2) is 30.3 Å². The van der Waals surface area contributed by atoms with Crippen molar-refractivity contribution in [1.82, 2.24) is 9.97 Å². The molecule has 0 radical (unpaired) electrons. The van der Waals surface area contributed by atoms with Crippen LogP contribution in [0, 0.1) is 0 Å². The molecular weight excluding hydrogens is 309 g/mol. The summed E-state index contributed by atoms with van der Waals surface area (Å²) < 4.78 is 46.1. The lowest BCUT2D eigenvalue weighted by atomic mass is 10.2. The van der Waals surface area contributed by atoms with E-state index in [1.165, 1.54) is 31.4 Å². The summed E-state index contributed by atoms with van der Waals surface area (Å²) in [7, 11) is 1.47. The van der Waals surface area contributed by atoms with Gasteiger partial charge < -0.3 is 9.47 Å². The van der Waals surface area contributed by atoms with Crippen LogP contribution in [0.5, 0.6) is 5.75 Å². The van der Waals surface area contributed by atoms with Gasteiger partial charge in [0.15, 0.2) is 5.82 Å². The van der Waals surface area contributed by atoms with Crippen molar-refractivity contribution < 1.29 is 22.6 Å². The Kier molecular flexibility index (Phi) is 4.64. The number of ether oxygens (including phenoxy) is 2. The summed E-state index contributed by atoms with van der Waals surface area (Å²) in [5, 5.41) is 0.105. The number of halogens is 4. The SMILES string of the molecule is COCc1cc(Cl)nc(-c2ccccc2OC(F)(F)F)n1. The number of benzene rings is 1. The lowest BCUT2D eigenvalue weighted by molar-refractivity contribution is -0.274. The van der Waals surface area contributed by atoms with Gasteiger partial charge in [-0.2, -0.15) is 0 Å². The summed E-state index contributed by atoms with van der Waals surface area (Å²) in [6.45, 7) is 0.164. The molecule has 0 fully saturated rings. The Labute approximate surface area is 123 Å². The minimum atomic E-state index is -4.80. The van der Waals surface area contributed by atoms with Crippen molar-refractivity contribution in [3.8, 4) is 17.1 Å². The zero-order valence-electron chi connectivity index (χ0n) is 10.8. The van der Waals surface area contributed by atoms with Crippen LogP contribution in [0.4, 0.5) is 13.2 Å². The molecule has 112 valence electrons. The quantitative estimate of drug-likeness (QED) is 0.803. The topological polar surface area (TPSA) is 44.2 Å². The van der Waals surface area contributed by atoms with Gasteiger partial charge in [-0.15, -0.1) is 13.2 Å². The number of alkyl halides is 3. The van der Waals surface area contributed by atoms with E-state index >= 15 is 0 Å². The molecule has 1 heterocycles. The van der Waals surface area contributed by atoms with Gasteiger partial charge in [-0.25, -0.2) is 9.97 Å². The Morgan fingerprint density at radius 3 is 2.57 bits per heavy atom. The van der Waals surface area contributed by atoms with Crippen LogP contribution in [0.2, 0.25) is 5.15 Å².